The topological polar surface area (TPSA) is 63.3 Å². The van der Waals surface area contributed by atoms with Crippen molar-refractivity contribution in [3.63, 3.8) is 0 Å². The Hall–Kier alpha value is 0.0700. The third-order valence-corrected chi connectivity index (χ3v) is 2.19. The largest absolute Gasteiger partial charge is 0.313 e. The standard InChI is InChI=1S/C4H11NO2S/c1-3-4(2,5)8(6)7/h3,5H2,1-2H3,(H,6,7). The lowest BCUT2D eigenvalue weighted by molar-refractivity contribution is 0.500. The molecule has 0 aromatic rings. The normalized spacial score (nSPS) is 22.0. The van der Waals surface area contributed by atoms with Crippen molar-refractivity contribution in [2.75, 3.05) is 0 Å². The summed E-state index contributed by atoms with van der Waals surface area (Å²) in [5, 5.41) is 0. The number of hydrogen-bond donors (Lipinski definition) is 2. The van der Waals surface area contributed by atoms with E-state index in [9.17, 15) is 4.21 Å². The van der Waals surface area contributed by atoms with Crippen LogP contribution in [0.5, 0.6) is 0 Å². The van der Waals surface area contributed by atoms with Gasteiger partial charge in [-0.1, -0.05) is 6.92 Å². The molecular weight excluding hydrogens is 126 g/mol. The van der Waals surface area contributed by atoms with E-state index in [-0.39, 0.29) is 0 Å². The summed E-state index contributed by atoms with van der Waals surface area (Å²) in [7, 11) is 0. The van der Waals surface area contributed by atoms with E-state index in [1.54, 1.807) is 13.8 Å². The van der Waals surface area contributed by atoms with Crippen molar-refractivity contribution in [3.05, 3.63) is 0 Å². The first kappa shape index (κ1) is 8.07. The molecule has 0 aliphatic rings. The van der Waals surface area contributed by atoms with E-state index in [2.05, 4.69) is 0 Å². The first-order chi connectivity index (χ1) is 3.50. The summed E-state index contributed by atoms with van der Waals surface area (Å²) in [5.41, 5.74) is 5.31. The fraction of sp³-hybridized carbons (Fsp3) is 1.00. The SMILES string of the molecule is CCC(C)(N)S(=O)O. The zero-order valence-electron chi connectivity index (χ0n) is 5.05. The predicted octanol–water partition coefficient (Wildman–Crippen LogP) is 0.293. The summed E-state index contributed by atoms with van der Waals surface area (Å²) in [6, 6.07) is 0. The monoisotopic (exact) mass is 137 g/mol. The van der Waals surface area contributed by atoms with E-state index in [0.717, 1.165) is 0 Å². The van der Waals surface area contributed by atoms with Crippen LogP contribution in [0.3, 0.4) is 0 Å². The van der Waals surface area contributed by atoms with Gasteiger partial charge in [0.1, 0.15) is 4.87 Å². The van der Waals surface area contributed by atoms with E-state index in [1.165, 1.54) is 0 Å². The van der Waals surface area contributed by atoms with Crippen LogP contribution < -0.4 is 5.73 Å². The van der Waals surface area contributed by atoms with Gasteiger partial charge >= 0.3 is 0 Å². The second-order valence-corrected chi connectivity index (χ2v) is 3.35. The Kier molecular flexibility index (Phi) is 2.59. The molecule has 2 unspecified atom stereocenters. The lowest BCUT2D eigenvalue weighted by Gasteiger charge is -2.16. The first-order valence-electron chi connectivity index (χ1n) is 2.40. The Morgan fingerprint density at radius 3 is 2.25 bits per heavy atom. The summed E-state index contributed by atoms with van der Waals surface area (Å²) < 4.78 is 18.7. The van der Waals surface area contributed by atoms with Gasteiger partial charge in [0, 0.05) is 0 Å². The highest BCUT2D eigenvalue weighted by Gasteiger charge is 2.21. The van der Waals surface area contributed by atoms with Crippen LogP contribution in [0, 0.1) is 0 Å². The smallest absolute Gasteiger partial charge is 0.173 e. The molecule has 0 bridgehead atoms. The van der Waals surface area contributed by atoms with Crippen molar-refractivity contribution in [3.8, 4) is 0 Å². The zero-order valence-corrected chi connectivity index (χ0v) is 5.86. The molecule has 4 heteroatoms. The van der Waals surface area contributed by atoms with Crippen LogP contribution in [-0.4, -0.2) is 13.6 Å². The number of nitrogens with two attached hydrogens (primary N) is 1. The van der Waals surface area contributed by atoms with E-state index >= 15 is 0 Å². The number of hydrogen-bond acceptors (Lipinski definition) is 2. The summed E-state index contributed by atoms with van der Waals surface area (Å²) in [5.74, 6) is 0. The van der Waals surface area contributed by atoms with E-state index in [4.69, 9.17) is 10.3 Å². The maximum atomic E-state index is 10.2. The minimum atomic E-state index is -1.90. The molecule has 50 valence electrons. The third kappa shape index (κ3) is 1.90. The molecule has 0 aliphatic heterocycles. The van der Waals surface area contributed by atoms with Gasteiger partial charge in [-0.25, -0.2) is 4.21 Å². The molecule has 8 heavy (non-hydrogen) atoms. The molecule has 0 heterocycles. The van der Waals surface area contributed by atoms with Gasteiger partial charge in [0.15, 0.2) is 11.1 Å². The Labute approximate surface area is 51.6 Å². The molecule has 0 aromatic carbocycles. The summed E-state index contributed by atoms with van der Waals surface area (Å²) in [6.07, 6.45) is 0.510. The van der Waals surface area contributed by atoms with Crippen molar-refractivity contribution < 1.29 is 8.76 Å². The molecule has 0 spiro atoms. The molecule has 0 saturated carbocycles. The fourth-order valence-electron chi connectivity index (χ4n) is 0.123. The van der Waals surface area contributed by atoms with Crippen molar-refractivity contribution in [2.24, 2.45) is 5.73 Å². The van der Waals surface area contributed by atoms with Crippen LogP contribution in [0.2, 0.25) is 0 Å². The maximum Gasteiger partial charge on any atom is 0.173 e. The maximum absolute atomic E-state index is 10.2. The van der Waals surface area contributed by atoms with E-state index in [1.807, 2.05) is 0 Å². The number of rotatable bonds is 2. The van der Waals surface area contributed by atoms with E-state index in [0.29, 0.717) is 6.42 Å². The van der Waals surface area contributed by atoms with E-state index < -0.39 is 16.0 Å². The molecule has 0 rings (SSSR count). The lowest BCUT2D eigenvalue weighted by Crippen LogP contribution is -2.39. The van der Waals surface area contributed by atoms with Crippen LogP contribution in [0.1, 0.15) is 20.3 Å². The Balaban J connectivity index is 3.91. The lowest BCUT2D eigenvalue weighted by atomic mass is 10.3. The molecule has 0 fully saturated rings. The second kappa shape index (κ2) is 2.57. The molecule has 0 aliphatic carbocycles. The molecule has 3 nitrogen and oxygen atoms in total. The Morgan fingerprint density at radius 1 is 1.88 bits per heavy atom. The second-order valence-electron chi connectivity index (χ2n) is 1.92. The molecular formula is C4H11NO2S. The van der Waals surface area contributed by atoms with Crippen LogP contribution in [0.4, 0.5) is 0 Å². The van der Waals surface area contributed by atoms with Gasteiger partial charge in [-0.15, -0.1) is 0 Å². The van der Waals surface area contributed by atoms with Gasteiger partial charge in [-0.05, 0) is 13.3 Å². The highest BCUT2D eigenvalue weighted by atomic mass is 32.2. The Bertz CT molecular complexity index is 102. The van der Waals surface area contributed by atoms with Gasteiger partial charge in [0.25, 0.3) is 0 Å². The first-order valence-corrected chi connectivity index (χ1v) is 3.51. The molecule has 0 amide bonds. The third-order valence-electron chi connectivity index (χ3n) is 1.10. The molecule has 3 N–H and O–H groups in total. The van der Waals surface area contributed by atoms with Crippen molar-refractivity contribution in [1.82, 2.24) is 0 Å². The van der Waals surface area contributed by atoms with Gasteiger partial charge < -0.3 is 10.3 Å². The minimum absolute atomic E-state index is 0.510. The average molecular weight is 137 g/mol. The summed E-state index contributed by atoms with van der Waals surface area (Å²) in [6.45, 7) is 3.32. The van der Waals surface area contributed by atoms with Gasteiger partial charge in [0.2, 0.25) is 0 Å². The highest BCUT2D eigenvalue weighted by Crippen LogP contribution is 2.06. The van der Waals surface area contributed by atoms with Crippen LogP contribution in [0.15, 0.2) is 0 Å². The fourth-order valence-corrected chi connectivity index (χ4v) is 0.370. The Morgan fingerprint density at radius 2 is 2.25 bits per heavy atom. The molecule has 0 radical (unpaired) electrons. The van der Waals surface area contributed by atoms with Crippen LogP contribution in [-0.2, 0) is 11.1 Å². The quantitative estimate of drug-likeness (QED) is 0.538. The van der Waals surface area contributed by atoms with Gasteiger partial charge in [0.05, 0.1) is 0 Å². The molecule has 0 aromatic heterocycles. The highest BCUT2D eigenvalue weighted by molar-refractivity contribution is 7.80. The van der Waals surface area contributed by atoms with Gasteiger partial charge in [-0.2, -0.15) is 0 Å². The van der Waals surface area contributed by atoms with Crippen molar-refractivity contribution >= 4 is 11.1 Å². The van der Waals surface area contributed by atoms with Crippen molar-refractivity contribution in [2.45, 2.75) is 25.1 Å². The summed E-state index contributed by atoms with van der Waals surface area (Å²) in [4.78, 5) is -0.931. The van der Waals surface area contributed by atoms with Crippen molar-refractivity contribution in [1.29, 1.82) is 0 Å². The average Bonchev–Trinajstić information content (AvgIpc) is 1.67. The summed E-state index contributed by atoms with van der Waals surface area (Å²) >= 11 is -1.90. The van der Waals surface area contributed by atoms with Crippen LogP contribution >= 0.6 is 0 Å². The van der Waals surface area contributed by atoms with Crippen LogP contribution in [0.25, 0.3) is 0 Å². The minimum Gasteiger partial charge on any atom is -0.313 e. The molecule has 2 atom stereocenters. The predicted molar refractivity (Wildman–Crippen MR) is 33.7 cm³/mol. The van der Waals surface area contributed by atoms with Gasteiger partial charge in [-0.3, -0.25) is 0 Å². The zero-order chi connectivity index (χ0) is 6.78. The molecule has 0 saturated heterocycles.